The Morgan fingerprint density at radius 3 is 2.22 bits per heavy atom. The summed E-state index contributed by atoms with van der Waals surface area (Å²) < 4.78 is 35.6. The molecule has 1 aromatic carbocycles. The number of halogens is 2. The van der Waals surface area contributed by atoms with E-state index < -0.39 is 25.0 Å². The largest absolute Gasteiger partial charge is 0.481 e. The summed E-state index contributed by atoms with van der Waals surface area (Å²) in [7, 11) is 0. The van der Waals surface area contributed by atoms with E-state index in [-0.39, 0.29) is 35.4 Å². The summed E-state index contributed by atoms with van der Waals surface area (Å²) in [5, 5.41) is 13.9. The van der Waals surface area contributed by atoms with Gasteiger partial charge in [0.05, 0.1) is 12.0 Å². The average molecular weight is 522 g/mol. The quantitative estimate of drug-likeness (QED) is 0.330. The number of para-hydroxylation sites is 1. The van der Waals surface area contributed by atoms with Crippen molar-refractivity contribution in [3.8, 4) is 11.8 Å². The number of benzene rings is 1. The lowest BCUT2D eigenvalue weighted by Crippen LogP contribution is -2.21. The lowest BCUT2D eigenvalue weighted by molar-refractivity contribution is -0.142. The highest BCUT2D eigenvalue weighted by atomic mass is 19.3. The van der Waals surface area contributed by atoms with Gasteiger partial charge in [-0.3, -0.25) is 4.79 Å². The third-order valence-electron chi connectivity index (χ3n) is 5.57. The van der Waals surface area contributed by atoms with Crippen LogP contribution in [-0.4, -0.2) is 41.2 Å². The van der Waals surface area contributed by atoms with Crippen LogP contribution in [0.5, 0.6) is 11.8 Å². The molecule has 204 valence electrons. The number of nitrogens with zero attached hydrogens (tertiary/aromatic N) is 1. The number of amides is 2. The number of alkyl halides is 2. The van der Waals surface area contributed by atoms with Crippen LogP contribution >= 0.6 is 0 Å². The third-order valence-corrected chi connectivity index (χ3v) is 5.57. The summed E-state index contributed by atoms with van der Waals surface area (Å²) in [5.74, 6) is -0.329. The fraction of sp³-hybridized carbons (Fsp3) is 0.519. The van der Waals surface area contributed by atoms with E-state index in [1.54, 1.807) is 6.07 Å². The number of anilines is 2. The first kappa shape index (κ1) is 29.8. The summed E-state index contributed by atoms with van der Waals surface area (Å²) in [6.07, 6.45) is 2.42. The first-order valence-corrected chi connectivity index (χ1v) is 12.5. The molecule has 1 aliphatic rings. The zero-order valence-electron chi connectivity index (χ0n) is 21.8. The van der Waals surface area contributed by atoms with Crippen molar-refractivity contribution >= 4 is 23.4 Å². The molecule has 0 bridgehead atoms. The number of carboxylic acids is 1. The van der Waals surface area contributed by atoms with E-state index in [4.69, 9.17) is 14.6 Å². The second-order valence-corrected chi connectivity index (χ2v) is 9.37. The molecule has 3 N–H and O–H groups in total. The van der Waals surface area contributed by atoms with Crippen molar-refractivity contribution in [2.24, 2.45) is 5.92 Å². The minimum atomic E-state index is -2.67. The third kappa shape index (κ3) is 10.6. The van der Waals surface area contributed by atoms with Gasteiger partial charge in [-0.25, -0.2) is 13.6 Å². The van der Waals surface area contributed by atoms with Crippen molar-refractivity contribution < 1.29 is 33.0 Å². The first-order chi connectivity index (χ1) is 17.6. The van der Waals surface area contributed by atoms with Gasteiger partial charge in [-0.15, -0.1) is 0 Å². The van der Waals surface area contributed by atoms with Gasteiger partial charge >= 0.3 is 12.0 Å². The number of aromatic nitrogens is 1. The lowest BCUT2D eigenvalue weighted by Gasteiger charge is -2.16. The molecule has 10 heteroatoms. The van der Waals surface area contributed by atoms with E-state index in [0.29, 0.717) is 5.69 Å². The normalized spacial score (nSPS) is 13.6. The Kier molecular flexibility index (Phi) is 12.1. The number of rotatable bonds is 9. The molecular weight excluding hydrogens is 484 g/mol. The van der Waals surface area contributed by atoms with Crippen molar-refractivity contribution in [3.63, 3.8) is 0 Å². The van der Waals surface area contributed by atoms with Crippen LogP contribution in [0.25, 0.3) is 0 Å². The standard InChI is InChI=1S/C20H25F2N3O3.C7H12O2/c1-12(2)14-7-5-6-8-15(14)23-20(26)24-16-9-10-18(28-13(3)4)25-19(16)27-11-17(21)22;8-7(9)6-4-2-1-3-5-6/h5-10,12-13,17H,11H2,1-4H3,(H2,23,24,26);6H,1-5H2,(H,8,9). The Morgan fingerprint density at radius 1 is 1.00 bits per heavy atom. The summed E-state index contributed by atoms with van der Waals surface area (Å²) in [5.41, 5.74) is 1.81. The molecule has 8 nitrogen and oxygen atoms in total. The Morgan fingerprint density at radius 2 is 1.65 bits per heavy atom. The number of nitrogens with one attached hydrogen (secondary N) is 2. The van der Waals surface area contributed by atoms with E-state index >= 15 is 0 Å². The number of urea groups is 1. The van der Waals surface area contributed by atoms with Crippen molar-refractivity contribution in [3.05, 3.63) is 42.0 Å². The molecular formula is C27H37F2N3O5. The fourth-order valence-electron chi connectivity index (χ4n) is 3.82. The van der Waals surface area contributed by atoms with Gasteiger partial charge in [-0.05, 0) is 50.3 Å². The maximum Gasteiger partial charge on any atom is 0.323 e. The maximum atomic E-state index is 12.5. The van der Waals surface area contributed by atoms with Gasteiger partial charge < -0.3 is 25.2 Å². The molecule has 2 aromatic rings. The number of carbonyl (C=O) groups excluding carboxylic acids is 1. The van der Waals surface area contributed by atoms with Crippen LogP contribution < -0.4 is 20.1 Å². The van der Waals surface area contributed by atoms with E-state index in [9.17, 15) is 18.4 Å². The predicted molar refractivity (Wildman–Crippen MR) is 139 cm³/mol. The van der Waals surface area contributed by atoms with E-state index in [2.05, 4.69) is 15.6 Å². The molecule has 2 amide bonds. The van der Waals surface area contributed by atoms with Crippen LogP contribution in [0, 0.1) is 5.92 Å². The highest BCUT2D eigenvalue weighted by Crippen LogP contribution is 2.28. The zero-order chi connectivity index (χ0) is 27.4. The number of ether oxygens (including phenoxy) is 2. The molecule has 0 unspecified atom stereocenters. The van der Waals surface area contributed by atoms with Crippen LogP contribution in [0.2, 0.25) is 0 Å². The Balaban J connectivity index is 0.000000449. The number of carboxylic acid groups (broad SMARTS) is 1. The number of hydrogen-bond donors (Lipinski definition) is 3. The summed E-state index contributed by atoms with van der Waals surface area (Å²) in [6.45, 7) is 6.82. The summed E-state index contributed by atoms with van der Waals surface area (Å²) >= 11 is 0. The topological polar surface area (TPSA) is 110 Å². The van der Waals surface area contributed by atoms with Gasteiger partial charge in [-0.2, -0.15) is 4.98 Å². The molecule has 1 aliphatic carbocycles. The first-order valence-electron chi connectivity index (χ1n) is 12.5. The van der Waals surface area contributed by atoms with Crippen LogP contribution in [0.3, 0.4) is 0 Å². The van der Waals surface area contributed by atoms with Gasteiger partial charge in [0.2, 0.25) is 11.8 Å². The number of carbonyl (C=O) groups is 2. The number of hydrogen-bond acceptors (Lipinski definition) is 5. The predicted octanol–water partition coefficient (Wildman–Crippen LogP) is 6.93. The average Bonchev–Trinajstić information content (AvgIpc) is 2.84. The van der Waals surface area contributed by atoms with Crippen LogP contribution in [-0.2, 0) is 4.79 Å². The van der Waals surface area contributed by atoms with E-state index in [0.717, 1.165) is 31.2 Å². The molecule has 1 saturated carbocycles. The molecule has 0 saturated heterocycles. The van der Waals surface area contributed by atoms with Crippen molar-refractivity contribution in [2.45, 2.75) is 78.2 Å². The molecule has 1 heterocycles. The van der Waals surface area contributed by atoms with Gasteiger partial charge in [0.1, 0.15) is 5.69 Å². The Labute approximate surface area is 216 Å². The van der Waals surface area contributed by atoms with Crippen molar-refractivity contribution in [2.75, 3.05) is 17.2 Å². The van der Waals surface area contributed by atoms with Gasteiger partial charge in [0, 0.05) is 11.8 Å². The molecule has 37 heavy (non-hydrogen) atoms. The highest BCUT2D eigenvalue weighted by molar-refractivity contribution is 6.01. The van der Waals surface area contributed by atoms with E-state index in [1.807, 2.05) is 45.9 Å². The van der Waals surface area contributed by atoms with E-state index in [1.165, 1.54) is 18.6 Å². The Hall–Kier alpha value is -3.43. The van der Waals surface area contributed by atoms with Crippen molar-refractivity contribution in [1.82, 2.24) is 4.98 Å². The molecule has 3 rings (SSSR count). The highest BCUT2D eigenvalue weighted by Gasteiger charge is 2.19. The van der Waals surface area contributed by atoms with Gasteiger partial charge in [-0.1, -0.05) is 51.3 Å². The second-order valence-electron chi connectivity index (χ2n) is 9.37. The van der Waals surface area contributed by atoms with Gasteiger partial charge in [0.15, 0.2) is 6.61 Å². The summed E-state index contributed by atoms with van der Waals surface area (Å²) in [4.78, 5) is 26.8. The summed E-state index contributed by atoms with van der Waals surface area (Å²) in [6, 6.07) is 9.93. The minimum absolute atomic E-state index is 0.0289. The van der Waals surface area contributed by atoms with Crippen LogP contribution in [0.15, 0.2) is 36.4 Å². The second kappa shape index (κ2) is 15.0. The molecule has 1 aromatic heterocycles. The Bertz CT molecular complexity index is 1010. The number of pyridine rings is 1. The SMILES string of the molecule is CC(C)Oc1ccc(NC(=O)Nc2ccccc2C(C)C)c(OCC(F)F)n1.O=C(O)C1CCCCC1. The monoisotopic (exact) mass is 521 g/mol. The molecule has 0 atom stereocenters. The molecule has 0 radical (unpaired) electrons. The fourth-order valence-corrected chi connectivity index (χ4v) is 3.82. The molecule has 0 spiro atoms. The van der Waals surface area contributed by atoms with Crippen molar-refractivity contribution in [1.29, 1.82) is 0 Å². The lowest BCUT2D eigenvalue weighted by atomic mass is 9.90. The molecule has 1 fully saturated rings. The smallest absolute Gasteiger partial charge is 0.323 e. The van der Waals surface area contributed by atoms with Crippen LogP contribution in [0.4, 0.5) is 25.0 Å². The zero-order valence-corrected chi connectivity index (χ0v) is 21.8. The molecule has 0 aliphatic heterocycles. The minimum Gasteiger partial charge on any atom is -0.481 e. The van der Waals surface area contributed by atoms with Gasteiger partial charge in [0.25, 0.3) is 6.43 Å². The number of aliphatic carboxylic acids is 1. The maximum absolute atomic E-state index is 12.5. The van der Waals surface area contributed by atoms with Crippen LogP contribution in [0.1, 0.15) is 71.3 Å².